The van der Waals surface area contributed by atoms with Crippen molar-refractivity contribution in [3.63, 3.8) is 0 Å². The molecule has 4 atom stereocenters. The van der Waals surface area contributed by atoms with E-state index in [-0.39, 0.29) is 35.2 Å². The number of H-pyrrole nitrogens is 1. The Labute approximate surface area is 191 Å². The van der Waals surface area contributed by atoms with E-state index in [1.54, 1.807) is 12.4 Å². The predicted molar refractivity (Wildman–Crippen MR) is 115 cm³/mol. The lowest BCUT2D eigenvalue weighted by Crippen LogP contribution is -2.42. The van der Waals surface area contributed by atoms with Crippen LogP contribution in [0.2, 0.25) is 0 Å². The number of carboxylic acids is 1. The first-order valence-corrected chi connectivity index (χ1v) is 12.2. The van der Waals surface area contributed by atoms with Crippen LogP contribution < -0.4 is 5.32 Å². The summed E-state index contributed by atoms with van der Waals surface area (Å²) in [5, 5.41) is 16.8. The molecule has 2 bridgehead atoms. The summed E-state index contributed by atoms with van der Waals surface area (Å²) in [4.78, 5) is 25.6. The molecule has 0 aromatic carbocycles. The summed E-state index contributed by atoms with van der Waals surface area (Å²) < 4.78 is 33.6. The monoisotopic (exact) mass is 477 g/mol. The topological polar surface area (TPSA) is 155 Å². The number of pyridine rings is 1. The lowest BCUT2D eigenvalue weighted by Gasteiger charge is -2.29. The number of hydrogen-bond donors (Lipinski definition) is 3. The van der Waals surface area contributed by atoms with E-state index in [9.17, 15) is 13.2 Å². The third kappa shape index (κ3) is 4.77. The average Bonchev–Trinajstić information content (AvgIpc) is 3.53. The quantitative estimate of drug-likeness (QED) is 0.541. The van der Waals surface area contributed by atoms with Crippen molar-refractivity contribution < 1.29 is 27.9 Å². The van der Waals surface area contributed by atoms with Crippen molar-refractivity contribution in [3.8, 4) is 0 Å². The van der Waals surface area contributed by atoms with E-state index in [2.05, 4.69) is 20.5 Å². The second kappa shape index (κ2) is 9.20. The molecule has 3 aliphatic heterocycles. The Balaban J connectivity index is 0.000000601. The summed E-state index contributed by atoms with van der Waals surface area (Å²) >= 11 is 0. The fourth-order valence-corrected chi connectivity index (χ4v) is 6.55. The van der Waals surface area contributed by atoms with Crippen LogP contribution in [0.1, 0.15) is 25.3 Å². The van der Waals surface area contributed by atoms with E-state index < -0.39 is 21.6 Å². The summed E-state index contributed by atoms with van der Waals surface area (Å²) in [5.41, 5.74) is 0.434. The Morgan fingerprint density at radius 3 is 2.85 bits per heavy atom. The SMILES string of the molecule is CC(=O)O.O=C(Cc1cccnc1)NC[C@H]1[C@H]2CN(S(=O)(=O)c3cn[nH]c3)C[C@]23CC[C@H]1O3. The van der Waals surface area contributed by atoms with Gasteiger partial charge in [0.05, 0.1) is 24.3 Å². The highest BCUT2D eigenvalue weighted by atomic mass is 32.2. The molecule has 0 aliphatic carbocycles. The molecule has 3 saturated heterocycles. The number of aromatic nitrogens is 3. The van der Waals surface area contributed by atoms with Gasteiger partial charge in [-0.25, -0.2) is 8.42 Å². The van der Waals surface area contributed by atoms with Gasteiger partial charge < -0.3 is 15.2 Å². The normalized spacial score (nSPS) is 28.1. The average molecular weight is 478 g/mol. The van der Waals surface area contributed by atoms with E-state index in [0.717, 1.165) is 25.3 Å². The minimum absolute atomic E-state index is 0.0595. The molecule has 5 heterocycles. The van der Waals surface area contributed by atoms with Crippen molar-refractivity contribution in [1.82, 2.24) is 24.8 Å². The minimum Gasteiger partial charge on any atom is -0.481 e. The Morgan fingerprint density at radius 2 is 2.18 bits per heavy atom. The maximum absolute atomic E-state index is 12.9. The molecular formula is C21H27N5O6S. The largest absolute Gasteiger partial charge is 0.481 e. The van der Waals surface area contributed by atoms with Crippen LogP contribution in [0.25, 0.3) is 0 Å². The summed E-state index contributed by atoms with van der Waals surface area (Å²) in [6.45, 7) is 2.35. The highest BCUT2D eigenvalue weighted by Gasteiger charge is 2.64. The lowest BCUT2D eigenvalue weighted by molar-refractivity contribution is -0.134. The van der Waals surface area contributed by atoms with Crippen molar-refractivity contribution >= 4 is 21.9 Å². The minimum atomic E-state index is -3.60. The van der Waals surface area contributed by atoms with Gasteiger partial charge in [0.15, 0.2) is 0 Å². The number of sulfonamides is 1. The smallest absolute Gasteiger partial charge is 0.300 e. The Kier molecular flexibility index (Phi) is 6.50. The number of hydrogen-bond acceptors (Lipinski definition) is 7. The van der Waals surface area contributed by atoms with Gasteiger partial charge in [0.1, 0.15) is 4.90 Å². The molecule has 1 amide bonds. The molecule has 0 radical (unpaired) electrons. The van der Waals surface area contributed by atoms with Crippen molar-refractivity contribution in [2.24, 2.45) is 11.8 Å². The number of carboxylic acid groups (broad SMARTS) is 1. The number of carbonyl (C=O) groups excluding carboxylic acids is 1. The fraction of sp³-hybridized carbons (Fsp3) is 0.524. The number of amides is 1. The van der Waals surface area contributed by atoms with Gasteiger partial charge in [0.25, 0.3) is 5.97 Å². The van der Waals surface area contributed by atoms with Gasteiger partial charge in [-0.1, -0.05) is 6.07 Å². The fourth-order valence-electron chi connectivity index (χ4n) is 5.12. The molecular weight excluding hydrogens is 450 g/mol. The maximum atomic E-state index is 12.9. The van der Waals surface area contributed by atoms with Crippen molar-refractivity contribution in [2.45, 2.75) is 42.8 Å². The van der Waals surface area contributed by atoms with Gasteiger partial charge in [0.2, 0.25) is 15.9 Å². The zero-order valence-electron chi connectivity index (χ0n) is 18.2. The number of nitrogens with zero attached hydrogens (tertiary/aromatic N) is 3. The predicted octanol–water partition coefficient (Wildman–Crippen LogP) is 0.423. The highest BCUT2D eigenvalue weighted by molar-refractivity contribution is 7.89. The van der Waals surface area contributed by atoms with Crippen LogP contribution in [0.15, 0.2) is 41.8 Å². The molecule has 5 rings (SSSR count). The first-order chi connectivity index (χ1) is 15.7. The summed E-state index contributed by atoms with van der Waals surface area (Å²) in [7, 11) is -3.60. The zero-order chi connectivity index (χ0) is 23.6. The van der Waals surface area contributed by atoms with Crippen molar-refractivity contribution in [1.29, 1.82) is 0 Å². The maximum Gasteiger partial charge on any atom is 0.300 e. The summed E-state index contributed by atoms with van der Waals surface area (Å²) in [6.07, 6.45) is 8.21. The number of nitrogens with one attached hydrogen (secondary N) is 2. The zero-order valence-corrected chi connectivity index (χ0v) is 19.0. The van der Waals surface area contributed by atoms with Gasteiger partial charge in [-0.05, 0) is 24.5 Å². The molecule has 3 N–H and O–H groups in total. The molecule has 12 heteroatoms. The van der Waals surface area contributed by atoms with Crippen LogP contribution >= 0.6 is 0 Å². The number of ether oxygens (including phenoxy) is 1. The van der Waals surface area contributed by atoms with Gasteiger partial charge in [-0.15, -0.1) is 0 Å². The van der Waals surface area contributed by atoms with Crippen LogP contribution in [0.5, 0.6) is 0 Å². The van der Waals surface area contributed by atoms with Crippen LogP contribution in [0, 0.1) is 11.8 Å². The number of aliphatic carboxylic acids is 1. The van der Waals surface area contributed by atoms with Crippen molar-refractivity contribution in [2.75, 3.05) is 19.6 Å². The molecule has 3 aliphatic rings. The van der Waals surface area contributed by atoms with Crippen LogP contribution in [-0.4, -0.2) is 76.2 Å². The first kappa shape index (κ1) is 23.3. The standard InChI is InChI=1S/C19H23N5O4S.C2H4O2/c25-18(6-13-2-1-5-20-7-13)21-10-15-16-11-24(12-19(16)4-3-17(15)28-19)29(26,27)14-8-22-23-9-14;1-2(3)4/h1-2,5,7-9,15-17H,3-4,6,10-12H2,(H,21,25)(H,22,23);1H3,(H,3,4)/t15-,16+,17+,19+;/m0./s1. The van der Waals surface area contributed by atoms with Crippen LogP contribution in [-0.2, 0) is 30.8 Å². The van der Waals surface area contributed by atoms with Crippen LogP contribution in [0.3, 0.4) is 0 Å². The number of aromatic amines is 1. The molecule has 1 spiro atoms. The molecule has 3 fully saturated rings. The number of fused-ring (bicyclic) bond motifs is 1. The molecule has 0 unspecified atom stereocenters. The Morgan fingerprint density at radius 1 is 1.39 bits per heavy atom. The lowest BCUT2D eigenvalue weighted by atomic mass is 9.73. The summed E-state index contributed by atoms with van der Waals surface area (Å²) in [5.74, 6) is -0.691. The molecule has 0 saturated carbocycles. The number of rotatable bonds is 6. The van der Waals surface area contributed by atoms with E-state index in [0.29, 0.717) is 19.6 Å². The second-order valence-corrected chi connectivity index (χ2v) is 10.6. The second-order valence-electron chi connectivity index (χ2n) is 8.62. The van der Waals surface area contributed by atoms with Gasteiger partial charge in [-0.2, -0.15) is 9.40 Å². The van der Waals surface area contributed by atoms with Gasteiger partial charge in [-0.3, -0.25) is 19.7 Å². The van der Waals surface area contributed by atoms with Gasteiger partial charge >= 0.3 is 0 Å². The summed E-state index contributed by atoms with van der Waals surface area (Å²) in [6, 6.07) is 3.68. The first-order valence-electron chi connectivity index (χ1n) is 10.7. The third-order valence-corrected chi connectivity index (χ3v) is 8.26. The Bertz CT molecular complexity index is 1090. The van der Waals surface area contributed by atoms with Crippen molar-refractivity contribution in [3.05, 3.63) is 42.5 Å². The molecule has 178 valence electrons. The van der Waals surface area contributed by atoms with E-state index in [1.165, 1.54) is 16.7 Å². The molecule has 11 nitrogen and oxygen atoms in total. The Hall–Kier alpha value is -2.83. The molecule has 33 heavy (non-hydrogen) atoms. The van der Waals surface area contributed by atoms with Crippen LogP contribution in [0.4, 0.5) is 0 Å². The molecule has 2 aromatic rings. The highest BCUT2D eigenvalue weighted by Crippen LogP contribution is 2.55. The van der Waals surface area contributed by atoms with E-state index in [4.69, 9.17) is 14.6 Å². The van der Waals surface area contributed by atoms with E-state index >= 15 is 0 Å². The number of carbonyl (C=O) groups is 2. The van der Waals surface area contributed by atoms with Gasteiger partial charge in [0, 0.05) is 57.0 Å². The van der Waals surface area contributed by atoms with E-state index in [1.807, 2.05) is 12.1 Å². The molecule has 2 aromatic heterocycles. The third-order valence-electron chi connectivity index (χ3n) is 6.49.